The lowest BCUT2D eigenvalue weighted by Crippen LogP contribution is -2.46. The van der Waals surface area contributed by atoms with Gasteiger partial charge in [0.25, 0.3) is 0 Å². The number of anilines is 1. The smallest absolute Gasteiger partial charge is 0.416 e. The van der Waals surface area contributed by atoms with E-state index in [1.165, 1.54) is 4.90 Å². The molecule has 9 heteroatoms. The molecule has 2 N–H and O–H groups in total. The van der Waals surface area contributed by atoms with E-state index in [0.29, 0.717) is 19.4 Å². The molecule has 0 saturated carbocycles. The van der Waals surface area contributed by atoms with Crippen molar-refractivity contribution in [3.05, 3.63) is 23.8 Å². The van der Waals surface area contributed by atoms with Gasteiger partial charge in [0.15, 0.2) is 0 Å². The van der Waals surface area contributed by atoms with Gasteiger partial charge in [-0.2, -0.15) is 13.2 Å². The van der Waals surface area contributed by atoms with Crippen molar-refractivity contribution >= 4 is 11.8 Å². The zero-order chi connectivity index (χ0) is 19.5. The largest absolute Gasteiger partial charge is 0.486 e. The Bertz CT molecular complexity index is 644. The first-order valence-corrected chi connectivity index (χ1v) is 8.25. The van der Waals surface area contributed by atoms with Crippen LogP contribution in [0.15, 0.2) is 18.2 Å². The van der Waals surface area contributed by atoms with Crippen LogP contribution in [0.5, 0.6) is 5.75 Å². The molecule has 2 rings (SSSR count). The van der Waals surface area contributed by atoms with Gasteiger partial charge >= 0.3 is 12.3 Å². The molecule has 1 aromatic carbocycles. The Labute approximate surface area is 149 Å². The first-order chi connectivity index (χ1) is 12.0. The Balaban J connectivity index is 2.11. The molecule has 1 saturated heterocycles. The van der Waals surface area contributed by atoms with E-state index in [2.05, 4.69) is 0 Å². The van der Waals surface area contributed by atoms with Crippen LogP contribution in [-0.2, 0) is 10.9 Å². The van der Waals surface area contributed by atoms with Gasteiger partial charge in [-0.3, -0.25) is 10.7 Å². The minimum absolute atomic E-state index is 0.0207. The lowest BCUT2D eigenvalue weighted by atomic mass is 10.1. The highest BCUT2D eigenvalue weighted by Gasteiger charge is 2.33. The van der Waals surface area contributed by atoms with Gasteiger partial charge in [-0.25, -0.2) is 4.79 Å². The Morgan fingerprint density at radius 2 is 2.00 bits per heavy atom. The van der Waals surface area contributed by atoms with Gasteiger partial charge in [0.1, 0.15) is 23.1 Å². The fourth-order valence-corrected chi connectivity index (χ4v) is 2.59. The van der Waals surface area contributed by atoms with Crippen LogP contribution in [0, 0.1) is 0 Å². The molecule has 1 heterocycles. The average Bonchev–Trinajstić information content (AvgIpc) is 2.52. The van der Waals surface area contributed by atoms with Crippen LogP contribution in [0.2, 0.25) is 0 Å². The number of nitrogens with one attached hydrogen (secondary N) is 1. The maximum atomic E-state index is 12.9. The molecule has 0 spiro atoms. The van der Waals surface area contributed by atoms with E-state index in [1.807, 2.05) is 5.48 Å². The third-order valence-corrected chi connectivity index (χ3v) is 3.75. The molecular formula is C17H23F3N2O4. The van der Waals surface area contributed by atoms with Crippen molar-refractivity contribution in [1.82, 2.24) is 4.90 Å². The number of piperidine rings is 1. The van der Waals surface area contributed by atoms with E-state index in [-0.39, 0.29) is 18.0 Å². The predicted octanol–water partition coefficient (Wildman–Crippen LogP) is 4.28. The number of benzene rings is 1. The van der Waals surface area contributed by atoms with Crippen LogP contribution in [0.4, 0.5) is 23.7 Å². The summed E-state index contributed by atoms with van der Waals surface area (Å²) in [7, 11) is 0. The van der Waals surface area contributed by atoms with Crippen molar-refractivity contribution in [2.24, 2.45) is 0 Å². The van der Waals surface area contributed by atoms with Crippen LogP contribution in [-0.4, -0.2) is 41.0 Å². The average molecular weight is 376 g/mol. The van der Waals surface area contributed by atoms with E-state index in [9.17, 15) is 18.0 Å². The maximum Gasteiger partial charge on any atom is 0.416 e. The monoisotopic (exact) mass is 376 g/mol. The van der Waals surface area contributed by atoms with E-state index >= 15 is 0 Å². The van der Waals surface area contributed by atoms with Crippen molar-refractivity contribution in [2.45, 2.75) is 51.5 Å². The van der Waals surface area contributed by atoms with Crippen molar-refractivity contribution in [2.75, 3.05) is 18.6 Å². The molecule has 1 aliphatic heterocycles. The van der Waals surface area contributed by atoms with Crippen molar-refractivity contribution in [1.29, 1.82) is 0 Å². The number of hydrogen-bond acceptors (Lipinski definition) is 5. The molecule has 146 valence electrons. The van der Waals surface area contributed by atoms with Gasteiger partial charge in [-0.05, 0) is 51.8 Å². The van der Waals surface area contributed by atoms with Gasteiger partial charge in [0.2, 0.25) is 0 Å². The molecule has 0 radical (unpaired) electrons. The summed E-state index contributed by atoms with van der Waals surface area (Å²) in [6.07, 6.45) is -4.32. The van der Waals surface area contributed by atoms with Crippen molar-refractivity contribution in [3.8, 4) is 5.75 Å². The Morgan fingerprint density at radius 3 is 2.58 bits per heavy atom. The van der Waals surface area contributed by atoms with E-state index in [0.717, 1.165) is 18.2 Å². The normalized spacial score (nSPS) is 18.4. The van der Waals surface area contributed by atoms with Crippen LogP contribution >= 0.6 is 0 Å². The zero-order valence-electron chi connectivity index (χ0n) is 14.9. The summed E-state index contributed by atoms with van der Waals surface area (Å²) in [4.78, 5) is 13.6. The van der Waals surface area contributed by atoms with Gasteiger partial charge < -0.3 is 14.4 Å². The maximum absolute atomic E-state index is 12.9. The second-order valence-electron chi connectivity index (χ2n) is 7.13. The first kappa shape index (κ1) is 20.2. The van der Waals surface area contributed by atoms with Crippen molar-refractivity contribution in [3.63, 3.8) is 0 Å². The quantitative estimate of drug-likeness (QED) is 0.771. The number of nitrogens with zero attached hydrogens (tertiary/aromatic N) is 1. The van der Waals surface area contributed by atoms with E-state index < -0.39 is 29.5 Å². The van der Waals surface area contributed by atoms with Crippen molar-refractivity contribution < 1.29 is 32.6 Å². The Hall–Kier alpha value is -2.16. The minimum atomic E-state index is -4.53. The molecule has 0 bridgehead atoms. The number of hydrogen-bond donors (Lipinski definition) is 2. The van der Waals surface area contributed by atoms with E-state index in [1.54, 1.807) is 20.8 Å². The highest BCUT2D eigenvalue weighted by Crippen LogP contribution is 2.36. The molecule has 1 fully saturated rings. The second kappa shape index (κ2) is 7.61. The second-order valence-corrected chi connectivity index (χ2v) is 7.13. The highest BCUT2D eigenvalue weighted by molar-refractivity contribution is 5.68. The number of rotatable bonds is 3. The minimum Gasteiger partial charge on any atom is -0.486 e. The molecule has 1 aliphatic rings. The Kier molecular flexibility index (Phi) is 5.90. The van der Waals surface area contributed by atoms with Crippen LogP contribution in [0.1, 0.15) is 39.2 Å². The molecule has 26 heavy (non-hydrogen) atoms. The summed E-state index contributed by atoms with van der Waals surface area (Å²) >= 11 is 0. The topological polar surface area (TPSA) is 71.0 Å². The third kappa shape index (κ3) is 5.42. The summed E-state index contributed by atoms with van der Waals surface area (Å²) in [5.74, 6) is -0.127. The molecule has 0 aromatic heterocycles. The highest BCUT2D eigenvalue weighted by atomic mass is 19.4. The fraction of sp³-hybridized carbons (Fsp3) is 0.588. The van der Waals surface area contributed by atoms with E-state index in [4.69, 9.17) is 14.7 Å². The first-order valence-electron chi connectivity index (χ1n) is 8.25. The number of likely N-dealkylation sites (tertiary alicyclic amines) is 1. The SMILES string of the molecule is CC(C)(C)OC(=O)N1CCC[C@H](Oc2cc(C(F)(F)F)ccc2NO)C1. The molecule has 0 aliphatic carbocycles. The number of ether oxygens (including phenoxy) is 2. The molecule has 1 amide bonds. The van der Waals surface area contributed by atoms with Gasteiger partial charge in [0, 0.05) is 6.54 Å². The summed E-state index contributed by atoms with van der Waals surface area (Å²) in [5.41, 5.74) is 0.330. The van der Waals surface area contributed by atoms with Crippen LogP contribution < -0.4 is 10.2 Å². The molecular weight excluding hydrogens is 353 g/mol. The number of alkyl halides is 3. The lowest BCUT2D eigenvalue weighted by Gasteiger charge is -2.34. The van der Waals surface area contributed by atoms with Crippen LogP contribution in [0.3, 0.4) is 0 Å². The summed E-state index contributed by atoms with van der Waals surface area (Å²) in [6, 6.07) is 2.76. The number of carbonyl (C=O) groups is 1. The van der Waals surface area contributed by atoms with Crippen LogP contribution in [0.25, 0.3) is 0 Å². The van der Waals surface area contributed by atoms with Gasteiger partial charge in [-0.15, -0.1) is 0 Å². The molecule has 6 nitrogen and oxygen atoms in total. The number of amides is 1. The predicted molar refractivity (Wildman–Crippen MR) is 88.3 cm³/mol. The fourth-order valence-electron chi connectivity index (χ4n) is 2.59. The molecule has 0 unspecified atom stereocenters. The number of halogens is 3. The van der Waals surface area contributed by atoms with Gasteiger partial charge in [-0.1, -0.05) is 0 Å². The Morgan fingerprint density at radius 1 is 1.31 bits per heavy atom. The summed E-state index contributed by atoms with van der Waals surface area (Å²) < 4.78 is 49.7. The molecule has 1 atom stereocenters. The lowest BCUT2D eigenvalue weighted by molar-refractivity contribution is -0.137. The summed E-state index contributed by atoms with van der Waals surface area (Å²) in [5, 5.41) is 9.11. The standard InChI is InChI=1S/C17H23F3N2O4/c1-16(2,3)26-15(23)22-8-4-5-12(10-22)25-14-9-11(17(18,19)20)6-7-13(14)21-24/h6-7,9,12,21,24H,4-5,8,10H2,1-3H3/t12-/m0/s1. The summed E-state index contributed by atoms with van der Waals surface area (Å²) in [6.45, 7) is 5.94. The third-order valence-electron chi connectivity index (χ3n) is 3.75. The number of carbonyl (C=O) groups excluding carboxylic acids is 1. The molecule has 1 aromatic rings. The zero-order valence-corrected chi connectivity index (χ0v) is 14.9. The van der Waals surface area contributed by atoms with Gasteiger partial charge in [0.05, 0.1) is 12.1 Å².